The number of halogens is 1. The molecule has 4 nitrogen and oxygen atoms in total. The molecule has 31 heavy (non-hydrogen) atoms. The Morgan fingerprint density at radius 3 is 2.52 bits per heavy atom. The number of ether oxygens (including phenoxy) is 1. The van der Waals surface area contributed by atoms with E-state index in [1.165, 1.54) is 0 Å². The molecule has 0 fully saturated rings. The molecule has 0 aromatic heterocycles. The smallest absolute Gasteiger partial charge is 0.266 e. The molecule has 0 saturated heterocycles. The van der Waals surface area contributed by atoms with Gasteiger partial charge in [-0.2, -0.15) is 5.26 Å². The normalized spacial score (nSPS) is 11.0. The van der Waals surface area contributed by atoms with Crippen molar-refractivity contribution >= 4 is 33.6 Å². The third-order valence-corrected chi connectivity index (χ3v) is 5.86. The molecule has 0 unspecified atom stereocenters. The minimum atomic E-state index is -0.443. The summed E-state index contributed by atoms with van der Waals surface area (Å²) in [6.45, 7) is 3.99. The van der Waals surface area contributed by atoms with E-state index in [0.717, 1.165) is 32.3 Å². The molecule has 0 radical (unpaired) electrons. The third kappa shape index (κ3) is 5.62. The zero-order valence-corrected chi connectivity index (χ0v) is 19.3. The Hall–Kier alpha value is -3.36. The second-order valence-electron chi connectivity index (χ2n) is 7.26. The number of hydrogen-bond donors (Lipinski definition) is 1. The summed E-state index contributed by atoms with van der Waals surface area (Å²) in [4.78, 5) is 12.6. The monoisotopic (exact) mass is 474 g/mol. The third-order valence-electron chi connectivity index (χ3n) is 5.09. The van der Waals surface area contributed by atoms with E-state index in [9.17, 15) is 10.1 Å². The van der Waals surface area contributed by atoms with Crippen LogP contribution < -0.4 is 10.1 Å². The molecule has 0 heterocycles. The van der Waals surface area contributed by atoms with E-state index in [-0.39, 0.29) is 5.57 Å². The molecule has 156 valence electrons. The molecule has 0 aliphatic rings. The molecule has 1 N–H and O–H groups in total. The van der Waals surface area contributed by atoms with E-state index in [1.54, 1.807) is 13.2 Å². The van der Waals surface area contributed by atoms with Gasteiger partial charge in [0, 0.05) is 16.6 Å². The van der Waals surface area contributed by atoms with Crippen LogP contribution in [-0.2, 0) is 11.2 Å². The van der Waals surface area contributed by atoms with Crippen molar-refractivity contribution < 1.29 is 9.53 Å². The summed E-state index contributed by atoms with van der Waals surface area (Å²) in [5, 5.41) is 12.3. The Labute approximate surface area is 191 Å². The van der Waals surface area contributed by atoms with Crippen LogP contribution in [0.3, 0.4) is 0 Å². The van der Waals surface area contributed by atoms with Gasteiger partial charge in [0.15, 0.2) is 0 Å². The number of methoxy groups -OCH3 is 1. The van der Waals surface area contributed by atoms with Crippen molar-refractivity contribution in [3.63, 3.8) is 0 Å². The molecule has 3 aromatic carbocycles. The number of nitrogens with zero attached hydrogens (tertiary/aromatic N) is 1. The molecule has 0 aliphatic carbocycles. The average Bonchev–Trinajstić information content (AvgIpc) is 2.76. The molecule has 0 saturated carbocycles. The van der Waals surface area contributed by atoms with Gasteiger partial charge in [-0.15, -0.1) is 0 Å². The lowest BCUT2D eigenvalue weighted by Crippen LogP contribution is -2.13. The van der Waals surface area contributed by atoms with Crippen LogP contribution in [0.15, 0.2) is 70.7 Å². The summed E-state index contributed by atoms with van der Waals surface area (Å²) in [6.07, 6.45) is 2.27. The van der Waals surface area contributed by atoms with Crippen molar-refractivity contribution in [3.05, 3.63) is 98.5 Å². The molecule has 0 bridgehead atoms. The summed E-state index contributed by atoms with van der Waals surface area (Å²) in [5.74, 6) is 0.262. The first-order chi connectivity index (χ1) is 14.9. The lowest BCUT2D eigenvalue weighted by molar-refractivity contribution is -0.112. The van der Waals surface area contributed by atoms with Crippen molar-refractivity contribution in [1.82, 2.24) is 0 Å². The maximum Gasteiger partial charge on any atom is 0.266 e. The Kier molecular flexibility index (Phi) is 7.28. The molecule has 0 atom stereocenters. The van der Waals surface area contributed by atoms with E-state index >= 15 is 0 Å². The van der Waals surface area contributed by atoms with Crippen LogP contribution in [0.5, 0.6) is 5.75 Å². The molecular formula is C26H23BrN2O2. The molecule has 1 amide bonds. The van der Waals surface area contributed by atoms with Crippen LogP contribution in [0, 0.1) is 25.2 Å². The van der Waals surface area contributed by atoms with Gasteiger partial charge >= 0.3 is 0 Å². The minimum Gasteiger partial charge on any atom is -0.496 e. The van der Waals surface area contributed by atoms with E-state index in [2.05, 4.69) is 27.3 Å². The van der Waals surface area contributed by atoms with E-state index in [4.69, 9.17) is 4.74 Å². The second-order valence-corrected chi connectivity index (χ2v) is 8.12. The summed E-state index contributed by atoms with van der Waals surface area (Å²) < 4.78 is 6.60. The summed E-state index contributed by atoms with van der Waals surface area (Å²) in [7, 11) is 1.62. The van der Waals surface area contributed by atoms with Crippen LogP contribution in [0.2, 0.25) is 0 Å². The second kappa shape index (κ2) is 10.1. The van der Waals surface area contributed by atoms with E-state index < -0.39 is 5.91 Å². The average molecular weight is 475 g/mol. The van der Waals surface area contributed by atoms with Gasteiger partial charge in [-0.25, -0.2) is 0 Å². The number of carbonyl (C=O) groups excluding carboxylic acids is 1. The van der Waals surface area contributed by atoms with Crippen molar-refractivity contribution in [1.29, 1.82) is 5.26 Å². The number of rotatable bonds is 6. The van der Waals surface area contributed by atoms with Crippen LogP contribution >= 0.6 is 15.9 Å². The zero-order chi connectivity index (χ0) is 22.4. The van der Waals surface area contributed by atoms with Crippen molar-refractivity contribution in [2.75, 3.05) is 12.4 Å². The number of carbonyl (C=O) groups is 1. The lowest BCUT2D eigenvalue weighted by atomic mass is 10.0. The highest BCUT2D eigenvalue weighted by molar-refractivity contribution is 9.10. The van der Waals surface area contributed by atoms with Gasteiger partial charge in [-0.1, -0.05) is 52.3 Å². The largest absolute Gasteiger partial charge is 0.496 e. The number of benzene rings is 3. The van der Waals surface area contributed by atoms with Gasteiger partial charge in [0.1, 0.15) is 17.4 Å². The molecule has 0 aliphatic heterocycles. The summed E-state index contributed by atoms with van der Waals surface area (Å²) in [5.41, 5.74) is 5.79. The molecule has 0 spiro atoms. The molecule has 5 heteroatoms. The first-order valence-electron chi connectivity index (χ1n) is 9.82. The van der Waals surface area contributed by atoms with Gasteiger partial charge in [0.2, 0.25) is 0 Å². The molecule has 3 aromatic rings. The van der Waals surface area contributed by atoms with Crippen LogP contribution in [0.25, 0.3) is 6.08 Å². The SMILES string of the molecule is COc1cc(/C=C(\C#N)C(=O)Nc2ccc(C)c(C)c2)ccc1Cc1ccccc1Br. The highest BCUT2D eigenvalue weighted by Gasteiger charge is 2.12. The summed E-state index contributed by atoms with van der Waals surface area (Å²) in [6, 6.07) is 21.4. The van der Waals surface area contributed by atoms with Crippen molar-refractivity contribution in [2.24, 2.45) is 0 Å². The van der Waals surface area contributed by atoms with Crippen LogP contribution in [0.4, 0.5) is 5.69 Å². The standard InChI is InChI=1S/C26H23BrN2O2/c1-17-8-11-23(12-18(17)2)29-26(30)22(16-28)13-19-9-10-21(25(14-19)31-3)15-20-6-4-5-7-24(20)27/h4-14H,15H2,1-3H3,(H,29,30)/b22-13+. The molecular weight excluding hydrogens is 452 g/mol. The molecule has 3 rings (SSSR count). The number of amides is 1. The fourth-order valence-corrected chi connectivity index (χ4v) is 3.60. The quantitative estimate of drug-likeness (QED) is 0.341. The first-order valence-corrected chi connectivity index (χ1v) is 10.6. The topological polar surface area (TPSA) is 62.1 Å². The lowest BCUT2D eigenvalue weighted by Gasteiger charge is -2.11. The fourth-order valence-electron chi connectivity index (χ4n) is 3.18. The predicted octanol–water partition coefficient (Wildman–Crippen LogP) is 6.21. The zero-order valence-electron chi connectivity index (χ0n) is 17.7. The Balaban J connectivity index is 1.83. The first kappa shape index (κ1) is 22.3. The minimum absolute atomic E-state index is 0.0267. The number of hydrogen-bond acceptors (Lipinski definition) is 3. The summed E-state index contributed by atoms with van der Waals surface area (Å²) >= 11 is 3.58. The van der Waals surface area contributed by atoms with Crippen molar-refractivity contribution in [3.8, 4) is 11.8 Å². The maximum atomic E-state index is 12.6. The Morgan fingerprint density at radius 2 is 1.84 bits per heavy atom. The fraction of sp³-hybridized carbons (Fsp3) is 0.154. The highest BCUT2D eigenvalue weighted by Crippen LogP contribution is 2.27. The van der Waals surface area contributed by atoms with Gasteiger partial charge in [0.05, 0.1) is 7.11 Å². The predicted molar refractivity (Wildman–Crippen MR) is 128 cm³/mol. The van der Waals surface area contributed by atoms with Crippen LogP contribution in [-0.4, -0.2) is 13.0 Å². The van der Waals surface area contributed by atoms with Gasteiger partial charge in [-0.3, -0.25) is 4.79 Å². The van der Waals surface area contributed by atoms with E-state index in [0.29, 0.717) is 17.9 Å². The van der Waals surface area contributed by atoms with Crippen LogP contribution in [0.1, 0.15) is 27.8 Å². The number of anilines is 1. The van der Waals surface area contributed by atoms with Gasteiger partial charge < -0.3 is 10.1 Å². The maximum absolute atomic E-state index is 12.6. The van der Waals surface area contributed by atoms with Gasteiger partial charge in [-0.05, 0) is 72.0 Å². The highest BCUT2D eigenvalue weighted by atomic mass is 79.9. The number of nitrogens with one attached hydrogen (secondary N) is 1. The van der Waals surface area contributed by atoms with E-state index in [1.807, 2.05) is 74.5 Å². The van der Waals surface area contributed by atoms with Gasteiger partial charge in [0.25, 0.3) is 5.91 Å². The number of aryl methyl sites for hydroxylation is 2. The Morgan fingerprint density at radius 1 is 1.06 bits per heavy atom. The Bertz CT molecular complexity index is 1190. The number of nitriles is 1. The van der Waals surface area contributed by atoms with Crippen molar-refractivity contribution in [2.45, 2.75) is 20.3 Å².